The fraction of sp³-hybridized carbons (Fsp3) is 0.945. The lowest BCUT2D eigenvalue weighted by molar-refractivity contribution is -0.161. The average Bonchev–Trinajstić information content (AvgIpc) is 2.47. The maximum Gasteiger partial charge on any atom is 0.472 e. The molecule has 0 amide bonds. The van der Waals surface area contributed by atoms with Crippen LogP contribution < -0.4 is 0 Å². The summed E-state index contributed by atoms with van der Waals surface area (Å²) in [5.74, 6) is 0.876. The van der Waals surface area contributed by atoms with Crippen LogP contribution in [-0.2, 0) is 65.4 Å². The van der Waals surface area contributed by atoms with Crippen LogP contribution in [0.3, 0.4) is 0 Å². The molecule has 3 N–H and O–H groups in total. The number of ether oxygens (including phenoxy) is 4. The number of esters is 4. The number of aliphatic hydroxyl groups excluding tert-OH is 1. The van der Waals surface area contributed by atoms with E-state index in [1.165, 1.54) is 167 Å². The fourth-order valence-corrected chi connectivity index (χ4v) is 12.6. The van der Waals surface area contributed by atoms with Crippen molar-refractivity contribution >= 4 is 39.5 Å². The van der Waals surface area contributed by atoms with Gasteiger partial charge in [0.15, 0.2) is 12.2 Å². The Balaban J connectivity index is 5.26. The van der Waals surface area contributed by atoms with Crippen LogP contribution >= 0.6 is 15.6 Å². The van der Waals surface area contributed by atoms with E-state index in [9.17, 15) is 43.2 Å². The van der Waals surface area contributed by atoms with E-state index in [0.29, 0.717) is 25.7 Å². The summed E-state index contributed by atoms with van der Waals surface area (Å²) in [5, 5.41) is 10.6. The highest BCUT2D eigenvalue weighted by Crippen LogP contribution is 2.45. The van der Waals surface area contributed by atoms with E-state index < -0.39 is 97.5 Å². The first kappa shape index (κ1) is 90.1. The molecule has 0 radical (unpaired) electrons. The highest BCUT2D eigenvalue weighted by molar-refractivity contribution is 7.47. The van der Waals surface area contributed by atoms with Gasteiger partial charge in [0, 0.05) is 25.7 Å². The monoisotopic (exact) mass is 1350 g/mol. The molecular weight excluding hydrogens is 1210 g/mol. The van der Waals surface area contributed by atoms with Gasteiger partial charge in [0.25, 0.3) is 0 Å². The minimum absolute atomic E-state index is 0.104. The number of hydrogen-bond acceptors (Lipinski definition) is 15. The number of carbonyl (C=O) groups is 4. The molecule has 0 aliphatic carbocycles. The summed E-state index contributed by atoms with van der Waals surface area (Å²) in [6.07, 6.45) is 45.8. The third-order valence-electron chi connectivity index (χ3n) is 16.8. The molecule has 0 aliphatic heterocycles. The molecule has 92 heavy (non-hydrogen) atoms. The van der Waals surface area contributed by atoms with Crippen molar-refractivity contribution in [1.82, 2.24) is 0 Å². The van der Waals surface area contributed by atoms with Crippen molar-refractivity contribution in [3.63, 3.8) is 0 Å². The number of hydrogen-bond donors (Lipinski definition) is 3. The predicted molar refractivity (Wildman–Crippen MR) is 372 cm³/mol. The van der Waals surface area contributed by atoms with Crippen LogP contribution in [-0.4, -0.2) is 96.7 Å². The number of rotatable bonds is 70. The highest BCUT2D eigenvalue weighted by atomic mass is 31.2. The molecule has 0 aliphatic rings. The smallest absolute Gasteiger partial charge is 0.462 e. The Kier molecular flexibility index (Phi) is 61.3. The molecule has 17 nitrogen and oxygen atoms in total. The second-order valence-corrected chi connectivity index (χ2v) is 31.1. The SMILES string of the molecule is CC(C)CCCCCCCCCCCCCCCC(=O)O[C@H](COC(=O)CCCCCCCCCCCCCC(C)C)COP(=O)(O)OCC(O)COP(=O)(O)OC[C@@H](COC(=O)CCCCCCCCCCC(C)C)OC(=O)CCCCCCCCCCC(C)C. The van der Waals surface area contributed by atoms with Gasteiger partial charge in [0.1, 0.15) is 19.3 Å². The first-order chi connectivity index (χ1) is 44.1. The van der Waals surface area contributed by atoms with Gasteiger partial charge in [0.05, 0.1) is 26.4 Å². The van der Waals surface area contributed by atoms with E-state index in [1.807, 2.05) is 0 Å². The third-order valence-corrected chi connectivity index (χ3v) is 18.7. The fourth-order valence-electron chi connectivity index (χ4n) is 11.0. The van der Waals surface area contributed by atoms with Crippen molar-refractivity contribution in [2.75, 3.05) is 39.6 Å². The highest BCUT2D eigenvalue weighted by Gasteiger charge is 2.30. The standard InChI is InChI=1S/C73H142O17P2/c1-63(2)49-41-33-25-17-13-10-9-11-15-20-31-39-47-55-72(77)89-68(59-83-70(75)53-45-37-29-19-16-12-14-18-26-34-42-50-64(3)4)61-87-91(79,80)85-57-67(74)58-86-92(81,82)88-62-69(90-73(78)56-48-40-32-24-22-28-36-44-52-66(7)8)60-84-71(76)54-46-38-30-23-21-27-35-43-51-65(5)6/h63-69,74H,9-62H2,1-8H3,(H,79,80)(H,81,82)/t67?,68-,69-/m1/s1. The van der Waals surface area contributed by atoms with Crippen LogP contribution in [0.4, 0.5) is 0 Å². The zero-order valence-corrected chi connectivity index (χ0v) is 62.0. The van der Waals surface area contributed by atoms with E-state index in [2.05, 4.69) is 55.4 Å². The minimum atomic E-state index is -4.96. The Morgan fingerprint density at radius 3 is 0.674 bits per heavy atom. The molecule has 0 spiro atoms. The van der Waals surface area contributed by atoms with Gasteiger partial charge in [-0.1, -0.05) is 312 Å². The first-order valence-electron chi connectivity index (χ1n) is 37.7. The Hall–Kier alpha value is -1.94. The van der Waals surface area contributed by atoms with E-state index in [0.717, 1.165) is 114 Å². The molecule has 3 unspecified atom stereocenters. The first-order valence-corrected chi connectivity index (χ1v) is 40.7. The Bertz CT molecular complexity index is 1820. The van der Waals surface area contributed by atoms with Crippen molar-refractivity contribution in [1.29, 1.82) is 0 Å². The van der Waals surface area contributed by atoms with E-state index in [4.69, 9.17) is 37.0 Å². The Labute approximate surface area is 562 Å². The quantitative estimate of drug-likeness (QED) is 0.0222. The molecule has 0 aromatic rings. The summed E-state index contributed by atoms with van der Waals surface area (Å²) < 4.78 is 68.4. The molecule has 0 aromatic heterocycles. The number of phosphoric acid groups is 2. The molecular formula is C73H142O17P2. The van der Waals surface area contributed by atoms with Gasteiger partial charge >= 0.3 is 39.5 Å². The number of carbonyl (C=O) groups excluding carboxylic acids is 4. The molecule has 546 valence electrons. The topological polar surface area (TPSA) is 237 Å². The lowest BCUT2D eigenvalue weighted by Crippen LogP contribution is -2.30. The van der Waals surface area contributed by atoms with Crippen molar-refractivity contribution in [2.24, 2.45) is 23.7 Å². The summed E-state index contributed by atoms with van der Waals surface area (Å²) in [5.41, 5.74) is 0. The normalized spacial score (nSPS) is 14.2. The van der Waals surface area contributed by atoms with Gasteiger partial charge in [-0.3, -0.25) is 37.3 Å². The zero-order chi connectivity index (χ0) is 68.2. The summed E-state index contributed by atoms with van der Waals surface area (Å²) in [4.78, 5) is 72.7. The molecule has 0 heterocycles. The summed E-state index contributed by atoms with van der Waals surface area (Å²) in [6, 6.07) is 0. The zero-order valence-electron chi connectivity index (χ0n) is 60.2. The van der Waals surface area contributed by atoms with Crippen LogP contribution in [0.2, 0.25) is 0 Å². The van der Waals surface area contributed by atoms with E-state index in [-0.39, 0.29) is 25.7 Å². The lowest BCUT2D eigenvalue weighted by atomic mass is 10.0. The van der Waals surface area contributed by atoms with Crippen LogP contribution in [0, 0.1) is 23.7 Å². The maximum absolute atomic E-state index is 13.1. The van der Waals surface area contributed by atoms with Crippen molar-refractivity contribution in [2.45, 2.75) is 382 Å². The maximum atomic E-state index is 13.1. The minimum Gasteiger partial charge on any atom is -0.462 e. The molecule has 0 aromatic carbocycles. The van der Waals surface area contributed by atoms with Crippen molar-refractivity contribution < 1.29 is 80.2 Å². The van der Waals surface area contributed by atoms with E-state index >= 15 is 0 Å². The van der Waals surface area contributed by atoms with Gasteiger partial charge in [-0.15, -0.1) is 0 Å². The molecule has 0 saturated carbocycles. The molecule has 0 fully saturated rings. The van der Waals surface area contributed by atoms with Crippen LogP contribution in [0.15, 0.2) is 0 Å². The molecule has 0 saturated heterocycles. The molecule has 0 rings (SSSR count). The number of phosphoric ester groups is 2. The molecule has 0 bridgehead atoms. The second kappa shape index (κ2) is 62.6. The third kappa shape index (κ3) is 66.7. The van der Waals surface area contributed by atoms with Crippen LogP contribution in [0.5, 0.6) is 0 Å². The summed E-state index contributed by atoms with van der Waals surface area (Å²) in [7, 11) is -9.91. The number of unbranched alkanes of at least 4 members (excludes halogenated alkanes) is 36. The summed E-state index contributed by atoms with van der Waals surface area (Å²) >= 11 is 0. The Morgan fingerprint density at radius 2 is 0.457 bits per heavy atom. The lowest BCUT2D eigenvalue weighted by Gasteiger charge is -2.21. The van der Waals surface area contributed by atoms with E-state index in [1.54, 1.807) is 0 Å². The largest absolute Gasteiger partial charge is 0.472 e. The van der Waals surface area contributed by atoms with Gasteiger partial charge in [-0.05, 0) is 49.4 Å². The van der Waals surface area contributed by atoms with Crippen LogP contribution in [0.25, 0.3) is 0 Å². The van der Waals surface area contributed by atoms with Gasteiger partial charge in [-0.25, -0.2) is 9.13 Å². The second-order valence-electron chi connectivity index (χ2n) is 28.2. The Morgan fingerprint density at radius 1 is 0.272 bits per heavy atom. The number of aliphatic hydroxyl groups is 1. The van der Waals surface area contributed by atoms with Gasteiger partial charge in [0.2, 0.25) is 0 Å². The van der Waals surface area contributed by atoms with Gasteiger partial charge in [-0.2, -0.15) is 0 Å². The predicted octanol–water partition coefficient (Wildman–Crippen LogP) is 20.9. The van der Waals surface area contributed by atoms with Gasteiger partial charge < -0.3 is 33.8 Å². The van der Waals surface area contributed by atoms with Crippen molar-refractivity contribution in [3.05, 3.63) is 0 Å². The molecule has 5 atom stereocenters. The van der Waals surface area contributed by atoms with Crippen molar-refractivity contribution in [3.8, 4) is 0 Å². The molecule has 19 heteroatoms. The summed E-state index contributed by atoms with van der Waals surface area (Å²) in [6.45, 7) is 14.1. The van der Waals surface area contributed by atoms with Crippen LogP contribution in [0.1, 0.15) is 364 Å². The average molecular weight is 1350 g/mol.